The van der Waals surface area contributed by atoms with Crippen LogP contribution in [0.4, 0.5) is 0 Å². The van der Waals surface area contributed by atoms with E-state index in [0.717, 1.165) is 28.6 Å². The minimum atomic E-state index is 0.0875. The van der Waals surface area contributed by atoms with Crippen molar-refractivity contribution in [1.82, 2.24) is 5.32 Å². The normalized spacial score (nSPS) is 11.4. The first-order chi connectivity index (χ1) is 9.21. The molecule has 1 rings (SSSR count). The van der Waals surface area contributed by atoms with Crippen molar-refractivity contribution >= 4 is 15.9 Å². The van der Waals surface area contributed by atoms with Gasteiger partial charge in [-0.2, -0.15) is 0 Å². The quantitative estimate of drug-likeness (QED) is 0.778. The molecular formula is C16H18BrNO. The second-order valence-corrected chi connectivity index (χ2v) is 5.05. The zero-order valence-corrected chi connectivity index (χ0v) is 12.7. The molecule has 3 heteroatoms. The summed E-state index contributed by atoms with van der Waals surface area (Å²) >= 11 is 3.46. The standard InChI is InChI=1S/C16H18BrNO/c1-4-7-15(6-3)18-12-13-11-14(17)8-9-16(13)19-10-5-2/h2-3,8-9,11,15,18H,4,7,10,12H2,1H3. The predicted molar refractivity (Wildman–Crippen MR) is 82.8 cm³/mol. The van der Waals surface area contributed by atoms with Crippen LogP contribution >= 0.6 is 15.9 Å². The van der Waals surface area contributed by atoms with Crippen LogP contribution in [-0.2, 0) is 6.54 Å². The van der Waals surface area contributed by atoms with Crippen molar-refractivity contribution in [2.45, 2.75) is 32.4 Å². The van der Waals surface area contributed by atoms with E-state index in [9.17, 15) is 0 Å². The molecule has 2 nitrogen and oxygen atoms in total. The van der Waals surface area contributed by atoms with Crippen molar-refractivity contribution in [3.63, 3.8) is 0 Å². The fourth-order valence-electron chi connectivity index (χ4n) is 1.71. The number of hydrogen-bond acceptors (Lipinski definition) is 2. The average Bonchev–Trinajstić information content (AvgIpc) is 2.42. The van der Waals surface area contributed by atoms with Crippen molar-refractivity contribution in [2.24, 2.45) is 0 Å². The molecule has 0 aliphatic rings. The summed E-state index contributed by atoms with van der Waals surface area (Å²) in [6.45, 7) is 3.04. The summed E-state index contributed by atoms with van der Waals surface area (Å²) in [5.74, 6) is 6.01. The van der Waals surface area contributed by atoms with E-state index in [1.165, 1.54) is 0 Å². The van der Waals surface area contributed by atoms with E-state index >= 15 is 0 Å². The summed E-state index contributed by atoms with van der Waals surface area (Å²) in [5.41, 5.74) is 1.04. The van der Waals surface area contributed by atoms with Gasteiger partial charge in [0.05, 0.1) is 6.04 Å². The number of terminal acetylenes is 2. The first kappa shape index (κ1) is 15.6. The molecule has 0 saturated carbocycles. The van der Waals surface area contributed by atoms with Crippen molar-refractivity contribution < 1.29 is 4.74 Å². The zero-order valence-electron chi connectivity index (χ0n) is 11.1. The number of ether oxygens (including phenoxy) is 1. The highest BCUT2D eigenvalue weighted by molar-refractivity contribution is 9.10. The second kappa shape index (κ2) is 8.64. The van der Waals surface area contributed by atoms with Crippen molar-refractivity contribution in [1.29, 1.82) is 0 Å². The maximum Gasteiger partial charge on any atom is 0.148 e. The van der Waals surface area contributed by atoms with Crippen molar-refractivity contribution in [3.8, 4) is 30.4 Å². The molecule has 1 unspecified atom stereocenters. The van der Waals surface area contributed by atoms with E-state index in [2.05, 4.69) is 40.0 Å². The van der Waals surface area contributed by atoms with Crippen LogP contribution in [0.2, 0.25) is 0 Å². The number of benzene rings is 1. The van der Waals surface area contributed by atoms with E-state index in [1.807, 2.05) is 18.2 Å². The van der Waals surface area contributed by atoms with Crippen LogP contribution in [0.3, 0.4) is 0 Å². The first-order valence-corrected chi connectivity index (χ1v) is 7.04. The Morgan fingerprint density at radius 3 is 2.84 bits per heavy atom. The van der Waals surface area contributed by atoms with Gasteiger partial charge in [-0.3, -0.25) is 5.32 Å². The Morgan fingerprint density at radius 1 is 1.42 bits per heavy atom. The van der Waals surface area contributed by atoms with E-state index in [1.54, 1.807) is 0 Å². The lowest BCUT2D eigenvalue weighted by Crippen LogP contribution is -2.27. The molecule has 0 heterocycles. The summed E-state index contributed by atoms with van der Waals surface area (Å²) in [4.78, 5) is 0. The SMILES string of the molecule is C#CCOc1ccc(Br)cc1CNC(C#C)CCC. The number of hydrogen-bond donors (Lipinski definition) is 1. The van der Waals surface area contributed by atoms with Crippen LogP contribution in [0.25, 0.3) is 0 Å². The fourth-order valence-corrected chi connectivity index (χ4v) is 2.12. The van der Waals surface area contributed by atoms with Crippen LogP contribution < -0.4 is 10.1 Å². The van der Waals surface area contributed by atoms with Gasteiger partial charge in [-0.25, -0.2) is 0 Å². The number of rotatable bonds is 7. The lowest BCUT2D eigenvalue weighted by atomic mass is 10.1. The van der Waals surface area contributed by atoms with Crippen LogP contribution in [0.5, 0.6) is 5.75 Å². The Labute approximate surface area is 124 Å². The highest BCUT2D eigenvalue weighted by atomic mass is 79.9. The molecule has 0 aliphatic carbocycles. The zero-order chi connectivity index (χ0) is 14.1. The fraction of sp³-hybridized carbons (Fsp3) is 0.375. The molecular weight excluding hydrogens is 302 g/mol. The molecule has 100 valence electrons. The van der Waals surface area contributed by atoms with Gasteiger partial charge in [-0.15, -0.1) is 12.8 Å². The Bertz CT molecular complexity index is 485. The monoisotopic (exact) mass is 319 g/mol. The molecule has 1 aromatic carbocycles. The summed E-state index contributed by atoms with van der Waals surface area (Å²) in [6, 6.07) is 5.94. The van der Waals surface area contributed by atoms with Gasteiger partial charge < -0.3 is 4.74 Å². The molecule has 0 spiro atoms. The maximum absolute atomic E-state index is 5.52. The van der Waals surface area contributed by atoms with Crippen LogP contribution in [-0.4, -0.2) is 12.6 Å². The molecule has 19 heavy (non-hydrogen) atoms. The second-order valence-electron chi connectivity index (χ2n) is 4.13. The van der Waals surface area contributed by atoms with Crippen LogP contribution in [0, 0.1) is 24.7 Å². The summed E-state index contributed by atoms with van der Waals surface area (Å²) in [7, 11) is 0. The summed E-state index contributed by atoms with van der Waals surface area (Å²) < 4.78 is 6.52. The van der Waals surface area contributed by atoms with Crippen molar-refractivity contribution in [2.75, 3.05) is 6.61 Å². The van der Waals surface area contributed by atoms with E-state index in [4.69, 9.17) is 17.6 Å². The van der Waals surface area contributed by atoms with Crippen LogP contribution in [0.15, 0.2) is 22.7 Å². The Morgan fingerprint density at radius 2 is 2.21 bits per heavy atom. The number of nitrogens with one attached hydrogen (secondary N) is 1. The summed E-state index contributed by atoms with van der Waals surface area (Å²) in [5, 5.41) is 3.34. The Hall–Kier alpha value is -1.42. The van der Waals surface area contributed by atoms with Crippen molar-refractivity contribution in [3.05, 3.63) is 28.2 Å². The minimum Gasteiger partial charge on any atom is -0.481 e. The smallest absolute Gasteiger partial charge is 0.148 e. The average molecular weight is 320 g/mol. The topological polar surface area (TPSA) is 21.3 Å². The minimum absolute atomic E-state index is 0.0875. The Kier molecular flexibility index (Phi) is 7.11. The van der Waals surface area contributed by atoms with E-state index < -0.39 is 0 Å². The molecule has 0 fully saturated rings. The van der Waals surface area contributed by atoms with Gasteiger partial charge in [0.1, 0.15) is 12.4 Å². The predicted octanol–water partition coefficient (Wildman–Crippen LogP) is 3.35. The first-order valence-electron chi connectivity index (χ1n) is 6.25. The highest BCUT2D eigenvalue weighted by Crippen LogP contribution is 2.23. The molecule has 0 aliphatic heterocycles. The third kappa shape index (κ3) is 5.39. The van der Waals surface area contributed by atoms with Gasteiger partial charge in [0.2, 0.25) is 0 Å². The largest absolute Gasteiger partial charge is 0.481 e. The molecule has 0 aromatic heterocycles. The van der Waals surface area contributed by atoms with E-state index in [0.29, 0.717) is 6.54 Å². The van der Waals surface area contributed by atoms with Gasteiger partial charge in [0, 0.05) is 16.6 Å². The maximum atomic E-state index is 5.52. The van der Waals surface area contributed by atoms with Gasteiger partial charge in [0.25, 0.3) is 0 Å². The van der Waals surface area contributed by atoms with Crippen LogP contribution in [0.1, 0.15) is 25.3 Å². The lowest BCUT2D eigenvalue weighted by molar-refractivity contribution is 0.364. The molecule has 1 aromatic rings. The lowest BCUT2D eigenvalue weighted by Gasteiger charge is -2.15. The van der Waals surface area contributed by atoms with Gasteiger partial charge >= 0.3 is 0 Å². The molecule has 0 radical (unpaired) electrons. The third-order valence-corrected chi connectivity index (χ3v) is 3.14. The number of halogens is 1. The molecule has 0 amide bonds. The highest BCUT2D eigenvalue weighted by Gasteiger charge is 2.07. The molecule has 0 saturated heterocycles. The molecule has 1 atom stereocenters. The van der Waals surface area contributed by atoms with Gasteiger partial charge in [-0.05, 0) is 24.6 Å². The Balaban J connectivity index is 2.73. The third-order valence-electron chi connectivity index (χ3n) is 2.65. The van der Waals surface area contributed by atoms with E-state index in [-0.39, 0.29) is 12.6 Å². The van der Waals surface area contributed by atoms with Gasteiger partial charge in [0.15, 0.2) is 0 Å². The molecule has 1 N–H and O–H groups in total. The summed E-state index contributed by atoms with van der Waals surface area (Å²) in [6.07, 6.45) is 12.7. The van der Waals surface area contributed by atoms with Gasteiger partial charge in [-0.1, -0.05) is 41.1 Å². The molecule has 0 bridgehead atoms.